The molecule has 1 aromatic rings. The molecular weight excluding hydrogens is 216 g/mol. The summed E-state index contributed by atoms with van der Waals surface area (Å²) in [4.78, 5) is 11.8. The lowest BCUT2D eigenvalue weighted by atomic mass is 10.1. The summed E-state index contributed by atoms with van der Waals surface area (Å²) in [5, 5.41) is 0. The minimum atomic E-state index is -0.365. The van der Waals surface area contributed by atoms with Crippen LogP contribution in [0.4, 0.5) is 11.4 Å². The molecule has 0 fully saturated rings. The van der Waals surface area contributed by atoms with E-state index in [2.05, 4.69) is 13.8 Å². The van der Waals surface area contributed by atoms with Gasteiger partial charge in [-0.3, -0.25) is 0 Å². The third kappa shape index (κ3) is 3.98. The fourth-order valence-corrected chi connectivity index (χ4v) is 1.60. The predicted molar refractivity (Wildman–Crippen MR) is 69.6 cm³/mol. The highest BCUT2D eigenvalue weighted by atomic mass is 16.5. The summed E-state index contributed by atoms with van der Waals surface area (Å²) in [6.07, 6.45) is 2.01. The van der Waals surface area contributed by atoms with Crippen LogP contribution < -0.4 is 11.5 Å². The first-order valence-corrected chi connectivity index (χ1v) is 5.90. The van der Waals surface area contributed by atoms with E-state index in [1.807, 2.05) is 0 Å². The van der Waals surface area contributed by atoms with Gasteiger partial charge in [0.25, 0.3) is 0 Å². The quantitative estimate of drug-likeness (QED) is 0.608. The van der Waals surface area contributed by atoms with Crippen molar-refractivity contribution in [2.24, 2.45) is 5.92 Å². The summed E-state index contributed by atoms with van der Waals surface area (Å²) in [5.74, 6) is 0.0493. The van der Waals surface area contributed by atoms with Crippen molar-refractivity contribution in [2.75, 3.05) is 18.1 Å². The van der Waals surface area contributed by atoms with Crippen LogP contribution in [0.3, 0.4) is 0 Å². The molecule has 0 unspecified atom stereocenters. The second-order valence-electron chi connectivity index (χ2n) is 4.17. The van der Waals surface area contributed by atoms with Crippen LogP contribution in [-0.2, 0) is 4.74 Å². The molecule has 1 aromatic carbocycles. The Morgan fingerprint density at radius 2 is 1.71 bits per heavy atom. The van der Waals surface area contributed by atoms with Gasteiger partial charge in [-0.1, -0.05) is 26.7 Å². The number of carbonyl (C=O) groups excluding carboxylic acids is 1. The van der Waals surface area contributed by atoms with Crippen LogP contribution in [0.5, 0.6) is 0 Å². The highest BCUT2D eigenvalue weighted by Crippen LogP contribution is 2.15. The van der Waals surface area contributed by atoms with Gasteiger partial charge in [0.2, 0.25) is 0 Å². The number of esters is 1. The van der Waals surface area contributed by atoms with Crippen LogP contribution in [0.2, 0.25) is 0 Å². The number of nitrogens with two attached hydrogens (primary N) is 2. The second-order valence-corrected chi connectivity index (χ2v) is 4.17. The molecule has 0 aliphatic heterocycles. The number of anilines is 2. The SMILES string of the molecule is CCC(CC)COC(=O)c1cc(N)cc(N)c1. The molecule has 0 saturated heterocycles. The van der Waals surface area contributed by atoms with Crippen LogP contribution in [0.1, 0.15) is 37.0 Å². The zero-order valence-electron chi connectivity index (χ0n) is 10.4. The Bertz CT molecular complexity index is 367. The molecule has 0 heterocycles. The Balaban J connectivity index is 2.63. The number of ether oxygens (including phenoxy) is 1. The normalized spacial score (nSPS) is 10.5. The van der Waals surface area contributed by atoms with Crippen molar-refractivity contribution in [3.8, 4) is 0 Å². The molecule has 94 valence electrons. The molecule has 0 radical (unpaired) electrons. The van der Waals surface area contributed by atoms with E-state index < -0.39 is 0 Å². The van der Waals surface area contributed by atoms with Gasteiger partial charge in [0.15, 0.2) is 0 Å². The molecule has 0 amide bonds. The summed E-state index contributed by atoms with van der Waals surface area (Å²) in [5.41, 5.74) is 12.6. The Hall–Kier alpha value is -1.71. The largest absolute Gasteiger partial charge is 0.462 e. The van der Waals surface area contributed by atoms with Gasteiger partial charge in [-0.15, -0.1) is 0 Å². The molecule has 0 aromatic heterocycles. The Morgan fingerprint density at radius 3 is 2.18 bits per heavy atom. The minimum absolute atomic E-state index is 0.365. The van der Waals surface area contributed by atoms with E-state index in [9.17, 15) is 4.79 Å². The molecule has 4 N–H and O–H groups in total. The van der Waals surface area contributed by atoms with Crippen LogP contribution in [0.15, 0.2) is 18.2 Å². The molecule has 0 atom stereocenters. The fourth-order valence-electron chi connectivity index (χ4n) is 1.60. The summed E-state index contributed by atoms with van der Waals surface area (Å²) in [6, 6.07) is 4.76. The van der Waals surface area contributed by atoms with Crippen LogP contribution in [0, 0.1) is 5.92 Å². The molecule has 0 aliphatic rings. The first-order valence-electron chi connectivity index (χ1n) is 5.90. The van der Waals surface area contributed by atoms with Crippen LogP contribution in [-0.4, -0.2) is 12.6 Å². The third-order valence-electron chi connectivity index (χ3n) is 2.82. The van der Waals surface area contributed by atoms with E-state index in [1.54, 1.807) is 18.2 Å². The van der Waals surface area contributed by atoms with Crippen molar-refractivity contribution in [1.82, 2.24) is 0 Å². The monoisotopic (exact) mass is 236 g/mol. The van der Waals surface area contributed by atoms with E-state index in [0.29, 0.717) is 29.5 Å². The third-order valence-corrected chi connectivity index (χ3v) is 2.82. The van der Waals surface area contributed by atoms with E-state index in [4.69, 9.17) is 16.2 Å². The van der Waals surface area contributed by atoms with Gasteiger partial charge < -0.3 is 16.2 Å². The summed E-state index contributed by atoms with van der Waals surface area (Å²) in [6.45, 7) is 4.61. The molecule has 0 bridgehead atoms. The fraction of sp³-hybridized carbons (Fsp3) is 0.462. The molecular formula is C13H20N2O2. The van der Waals surface area contributed by atoms with E-state index in [0.717, 1.165) is 12.8 Å². The summed E-state index contributed by atoms with van der Waals surface area (Å²) in [7, 11) is 0. The van der Waals surface area contributed by atoms with E-state index in [-0.39, 0.29) is 5.97 Å². The number of hydrogen-bond donors (Lipinski definition) is 2. The van der Waals surface area contributed by atoms with E-state index in [1.165, 1.54) is 0 Å². The highest BCUT2D eigenvalue weighted by Gasteiger charge is 2.11. The number of nitrogen functional groups attached to an aromatic ring is 2. The molecule has 17 heavy (non-hydrogen) atoms. The van der Waals surface area contributed by atoms with Gasteiger partial charge >= 0.3 is 5.97 Å². The molecule has 4 nitrogen and oxygen atoms in total. The standard InChI is InChI=1S/C13H20N2O2/c1-3-9(4-2)8-17-13(16)10-5-11(14)7-12(15)6-10/h5-7,9H,3-4,8,14-15H2,1-2H3. The number of rotatable bonds is 5. The number of carbonyl (C=O) groups is 1. The lowest BCUT2D eigenvalue weighted by Gasteiger charge is -2.12. The van der Waals surface area contributed by atoms with Crippen molar-refractivity contribution < 1.29 is 9.53 Å². The van der Waals surface area contributed by atoms with Gasteiger partial charge in [0, 0.05) is 11.4 Å². The van der Waals surface area contributed by atoms with E-state index >= 15 is 0 Å². The molecule has 0 aliphatic carbocycles. The molecule has 0 saturated carbocycles. The Morgan fingerprint density at radius 1 is 1.18 bits per heavy atom. The van der Waals surface area contributed by atoms with Crippen molar-refractivity contribution in [3.05, 3.63) is 23.8 Å². The predicted octanol–water partition coefficient (Wildman–Crippen LogP) is 2.44. The van der Waals surface area contributed by atoms with Crippen LogP contribution >= 0.6 is 0 Å². The first kappa shape index (κ1) is 13.4. The average Bonchev–Trinajstić information content (AvgIpc) is 2.28. The molecule has 4 heteroatoms. The Labute approximate surface area is 102 Å². The molecule has 0 spiro atoms. The zero-order chi connectivity index (χ0) is 12.8. The lowest BCUT2D eigenvalue weighted by molar-refractivity contribution is 0.0433. The minimum Gasteiger partial charge on any atom is -0.462 e. The summed E-state index contributed by atoms with van der Waals surface area (Å²) >= 11 is 0. The maximum absolute atomic E-state index is 11.8. The second kappa shape index (κ2) is 6.13. The van der Waals surface area contributed by atoms with Gasteiger partial charge in [-0.2, -0.15) is 0 Å². The first-order chi connectivity index (χ1) is 8.06. The average molecular weight is 236 g/mol. The van der Waals surface area contributed by atoms with Gasteiger partial charge in [0.1, 0.15) is 0 Å². The topological polar surface area (TPSA) is 78.3 Å². The van der Waals surface area contributed by atoms with Crippen LogP contribution in [0.25, 0.3) is 0 Å². The zero-order valence-corrected chi connectivity index (χ0v) is 10.4. The van der Waals surface area contributed by atoms with Crippen molar-refractivity contribution in [1.29, 1.82) is 0 Å². The summed E-state index contributed by atoms with van der Waals surface area (Å²) < 4.78 is 5.23. The molecule has 1 rings (SSSR count). The Kier molecular flexibility index (Phi) is 4.82. The van der Waals surface area contributed by atoms with Gasteiger partial charge in [0.05, 0.1) is 12.2 Å². The maximum Gasteiger partial charge on any atom is 0.338 e. The number of hydrogen-bond acceptors (Lipinski definition) is 4. The maximum atomic E-state index is 11.8. The van der Waals surface area contributed by atoms with Gasteiger partial charge in [-0.25, -0.2) is 4.79 Å². The van der Waals surface area contributed by atoms with Gasteiger partial charge in [-0.05, 0) is 24.1 Å². The van der Waals surface area contributed by atoms with Crippen molar-refractivity contribution in [2.45, 2.75) is 26.7 Å². The lowest BCUT2D eigenvalue weighted by Crippen LogP contribution is -2.13. The van der Waals surface area contributed by atoms with Crippen molar-refractivity contribution in [3.63, 3.8) is 0 Å². The van der Waals surface area contributed by atoms with Crippen molar-refractivity contribution >= 4 is 17.3 Å². The highest BCUT2D eigenvalue weighted by molar-refractivity contribution is 5.91. The smallest absolute Gasteiger partial charge is 0.338 e. The number of benzene rings is 1.